The number of benzene rings is 1. The van der Waals surface area contributed by atoms with Gasteiger partial charge in [-0.15, -0.1) is 0 Å². The van der Waals surface area contributed by atoms with Gasteiger partial charge in [0.1, 0.15) is 4.90 Å². The molecule has 16 heavy (non-hydrogen) atoms. The molecule has 6 heteroatoms. The summed E-state index contributed by atoms with van der Waals surface area (Å²) >= 11 is 0. The van der Waals surface area contributed by atoms with Crippen molar-refractivity contribution in [3.8, 4) is 0 Å². The van der Waals surface area contributed by atoms with E-state index >= 15 is 0 Å². The van der Waals surface area contributed by atoms with E-state index in [4.69, 9.17) is 10.7 Å². The first kappa shape index (κ1) is 11.2. The van der Waals surface area contributed by atoms with Gasteiger partial charge in [-0.2, -0.15) is 5.10 Å². The lowest BCUT2D eigenvalue weighted by atomic mass is 10.1. The van der Waals surface area contributed by atoms with E-state index in [0.29, 0.717) is 12.1 Å². The lowest BCUT2D eigenvalue weighted by Crippen LogP contribution is -1.96. The van der Waals surface area contributed by atoms with Gasteiger partial charge in [0.2, 0.25) is 0 Å². The van der Waals surface area contributed by atoms with Crippen molar-refractivity contribution in [3.05, 3.63) is 47.8 Å². The summed E-state index contributed by atoms with van der Waals surface area (Å²) in [6.45, 7) is 0. The first-order valence-corrected chi connectivity index (χ1v) is 6.89. The second-order valence-corrected chi connectivity index (χ2v) is 5.85. The highest BCUT2D eigenvalue weighted by Crippen LogP contribution is 2.19. The molecule has 4 nitrogen and oxygen atoms in total. The average molecular weight is 257 g/mol. The molecule has 0 unspecified atom stereocenters. The van der Waals surface area contributed by atoms with Gasteiger partial charge in [0.25, 0.3) is 9.05 Å². The second-order valence-electron chi connectivity index (χ2n) is 3.31. The Labute approximate surface area is 97.7 Å². The van der Waals surface area contributed by atoms with Crippen LogP contribution < -0.4 is 0 Å². The van der Waals surface area contributed by atoms with Crippen molar-refractivity contribution in [2.45, 2.75) is 11.3 Å². The van der Waals surface area contributed by atoms with E-state index in [-0.39, 0.29) is 4.90 Å². The smallest absolute Gasteiger partial charge is 0.264 e. The maximum absolute atomic E-state index is 11.2. The summed E-state index contributed by atoms with van der Waals surface area (Å²) in [5.41, 5.74) is 1.49. The van der Waals surface area contributed by atoms with Crippen LogP contribution in [0.5, 0.6) is 0 Å². The summed E-state index contributed by atoms with van der Waals surface area (Å²) in [6, 6.07) is 9.49. The molecule has 2 rings (SSSR count). The summed E-state index contributed by atoms with van der Waals surface area (Å²) in [6.07, 6.45) is 1.68. The fraction of sp³-hybridized carbons (Fsp3) is 0.100. The number of halogens is 1. The van der Waals surface area contributed by atoms with Crippen molar-refractivity contribution >= 4 is 19.7 Å². The third kappa shape index (κ3) is 2.43. The van der Waals surface area contributed by atoms with Gasteiger partial charge >= 0.3 is 0 Å². The highest BCUT2D eigenvalue weighted by molar-refractivity contribution is 8.13. The van der Waals surface area contributed by atoms with Crippen LogP contribution in [0.3, 0.4) is 0 Å². The Morgan fingerprint density at radius 3 is 2.56 bits per heavy atom. The quantitative estimate of drug-likeness (QED) is 0.854. The van der Waals surface area contributed by atoms with Gasteiger partial charge in [-0.05, 0) is 5.56 Å². The van der Waals surface area contributed by atoms with Crippen LogP contribution in [0, 0.1) is 0 Å². The van der Waals surface area contributed by atoms with Gasteiger partial charge in [-0.3, -0.25) is 5.10 Å². The molecule has 0 saturated heterocycles. The first-order valence-electron chi connectivity index (χ1n) is 4.58. The van der Waals surface area contributed by atoms with Crippen LogP contribution >= 0.6 is 10.7 Å². The normalized spacial score (nSPS) is 11.6. The van der Waals surface area contributed by atoms with Crippen LogP contribution in [0.15, 0.2) is 41.4 Å². The number of H-pyrrole nitrogens is 1. The number of nitrogens with zero attached hydrogens (tertiary/aromatic N) is 1. The van der Waals surface area contributed by atoms with Gasteiger partial charge in [0.05, 0.1) is 11.9 Å². The molecule has 0 spiro atoms. The third-order valence-corrected chi connectivity index (χ3v) is 3.54. The number of aromatic amines is 1. The zero-order valence-electron chi connectivity index (χ0n) is 8.22. The highest BCUT2D eigenvalue weighted by atomic mass is 35.7. The van der Waals surface area contributed by atoms with Crippen LogP contribution in [0.4, 0.5) is 0 Å². The summed E-state index contributed by atoms with van der Waals surface area (Å²) in [5.74, 6) is 0. The minimum absolute atomic E-state index is 0.0398. The number of hydrogen-bond donors (Lipinski definition) is 1. The summed E-state index contributed by atoms with van der Waals surface area (Å²) in [4.78, 5) is 0.0398. The van der Waals surface area contributed by atoms with Crippen molar-refractivity contribution in [1.29, 1.82) is 0 Å². The van der Waals surface area contributed by atoms with Crippen LogP contribution in [0.25, 0.3) is 0 Å². The molecule has 0 amide bonds. The van der Waals surface area contributed by atoms with Crippen molar-refractivity contribution in [2.75, 3.05) is 0 Å². The van der Waals surface area contributed by atoms with Crippen molar-refractivity contribution in [1.82, 2.24) is 10.2 Å². The van der Waals surface area contributed by atoms with Gasteiger partial charge in [0.15, 0.2) is 0 Å². The zero-order chi connectivity index (χ0) is 11.6. The molecule has 0 aliphatic carbocycles. The van der Waals surface area contributed by atoms with E-state index in [1.807, 2.05) is 30.3 Å². The van der Waals surface area contributed by atoms with E-state index in [1.165, 1.54) is 6.20 Å². The maximum atomic E-state index is 11.2. The summed E-state index contributed by atoms with van der Waals surface area (Å²) < 4.78 is 22.4. The van der Waals surface area contributed by atoms with Crippen LogP contribution in [-0.4, -0.2) is 18.6 Å². The minimum atomic E-state index is -3.73. The Morgan fingerprint density at radius 2 is 1.94 bits per heavy atom. The molecule has 1 N–H and O–H groups in total. The third-order valence-electron chi connectivity index (χ3n) is 2.17. The van der Waals surface area contributed by atoms with Gasteiger partial charge < -0.3 is 0 Å². The monoisotopic (exact) mass is 256 g/mol. The molecule has 0 radical (unpaired) electrons. The lowest BCUT2D eigenvalue weighted by Gasteiger charge is -2.00. The molecule has 0 atom stereocenters. The Hall–Kier alpha value is -1.33. The Bertz CT molecular complexity index is 578. The summed E-state index contributed by atoms with van der Waals surface area (Å²) in [5, 5.41) is 6.34. The molecule has 0 saturated carbocycles. The molecule has 0 bridgehead atoms. The van der Waals surface area contributed by atoms with E-state index in [2.05, 4.69) is 10.2 Å². The van der Waals surface area contributed by atoms with E-state index in [1.54, 1.807) is 0 Å². The predicted octanol–water partition coefficient (Wildman–Crippen LogP) is 1.93. The Morgan fingerprint density at radius 1 is 1.25 bits per heavy atom. The molecule has 1 aromatic heterocycles. The standard InChI is InChI=1S/C10H9ClN2O2S/c11-16(14,15)10-7-12-13-9(10)6-8-4-2-1-3-5-8/h1-5,7H,6H2,(H,12,13). The Kier molecular flexibility index (Phi) is 2.98. The molecular formula is C10H9ClN2O2S. The molecule has 84 valence electrons. The number of rotatable bonds is 3. The lowest BCUT2D eigenvalue weighted by molar-refractivity contribution is 0.609. The van der Waals surface area contributed by atoms with Crippen molar-refractivity contribution in [2.24, 2.45) is 0 Å². The largest absolute Gasteiger partial charge is 0.281 e. The molecule has 0 fully saturated rings. The summed E-state index contributed by atoms with van der Waals surface area (Å²) in [7, 11) is 1.55. The second kappa shape index (κ2) is 4.27. The maximum Gasteiger partial charge on any atom is 0.264 e. The molecule has 1 heterocycles. The predicted molar refractivity (Wildman–Crippen MR) is 60.9 cm³/mol. The number of nitrogens with one attached hydrogen (secondary N) is 1. The number of aromatic nitrogens is 2. The molecule has 0 aliphatic rings. The van der Waals surface area contributed by atoms with E-state index < -0.39 is 9.05 Å². The zero-order valence-corrected chi connectivity index (χ0v) is 9.79. The number of hydrogen-bond acceptors (Lipinski definition) is 3. The van der Waals surface area contributed by atoms with Crippen molar-refractivity contribution < 1.29 is 8.42 Å². The fourth-order valence-corrected chi connectivity index (χ4v) is 2.43. The van der Waals surface area contributed by atoms with Gasteiger partial charge in [-0.25, -0.2) is 8.42 Å². The van der Waals surface area contributed by atoms with Crippen LogP contribution in [0.1, 0.15) is 11.3 Å². The van der Waals surface area contributed by atoms with Crippen LogP contribution in [-0.2, 0) is 15.5 Å². The van der Waals surface area contributed by atoms with E-state index in [0.717, 1.165) is 5.56 Å². The fourth-order valence-electron chi connectivity index (χ4n) is 1.44. The van der Waals surface area contributed by atoms with Crippen LogP contribution in [0.2, 0.25) is 0 Å². The molecule has 2 aromatic rings. The van der Waals surface area contributed by atoms with E-state index in [9.17, 15) is 8.42 Å². The molecular weight excluding hydrogens is 248 g/mol. The SMILES string of the molecule is O=S(=O)(Cl)c1cn[nH]c1Cc1ccccc1. The topological polar surface area (TPSA) is 62.8 Å². The minimum Gasteiger partial charge on any atom is -0.281 e. The Balaban J connectivity index is 2.34. The molecule has 1 aromatic carbocycles. The van der Waals surface area contributed by atoms with Crippen molar-refractivity contribution in [3.63, 3.8) is 0 Å². The average Bonchev–Trinajstić information content (AvgIpc) is 2.67. The van der Waals surface area contributed by atoms with Gasteiger partial charge in [-0.1, -0.05) is 30.3 Å². The molecule has 0 aliphatic heterocycles. The van der Waals surface area contributed by atoms with Gasteiger partial charge in [0, 0.05) is 17.1 Å². The first-order chi connectivity index (χ1) is 7.57. The highest BCUT2D eigenvalue weighted by Gasteiger charge is 2.17.